The summed E-state index contributed by atoms with van der Waals surface area (Å²) in [6.45, 7) is 6.13. The Kier molecular flexibility index (Phi) is 6.48. The van der Waals surface area contributed by atoms with Gasteiger partial charge in [0.25, 0.3) is 5.91 Å². The van der Waals surface area contributed by atoms with Crippen molar-refractivity contribution in [2.45, 2.75) is 46.3 Å². The van der Waals surface area contributed by atoms with Gasteiger partial charge >= 0.3 is 0 Å². The van der Waals surface area contributed by atoms with Gasteiger partial charge in [0, 0.05) is 11.6 Å². The van der Waals surface area contributed by atoms with Crippen molar-refractivity contribution in [3.05, 3.63) is 82.7 Å². The number of rotatable bonds is 8. The van der Waals surface area contributed by atoms with Crippen LogP contribution in [0.2, 0.25) is 0 Å². The van der Waals surface area contributed by atoms with Crippen molar-refractivity contribution in [2.75, 3.05) is 0 Å². The van der Waals surface area contributed by atoms with Crippen LogP contribution in [0.15, 0.2) is 59.1 Å². The Labute approximate surface area is 165 Å². The summed E-state index contributed by atoms with van der Waals surface area (Å²) >= 11 is 0. The van der Waals surface area contributed by atoms with E-state index in [4.69, 9.17) is 9.26 Å². The third kappa shape index (κ3) is 5.22. The first kappa shape index (κ1) is 19.7. The van der Waals surface area contributed by atoms with Gasteiger partial charge in [-0.15, -0.1) is 0 Å². The Balaban J connectivity index is 1.54. The first-order valence-electron chi connectivity index (χ1n) is 9.52. The molecule has 0 radical (unpaired) electrons. The minimum atomic E-state index is -0.0941. The summed E-state index contributed by atoms with van der Waals surface area (Å²) in [7, 11) is 0. The lowest BCUT2D eigenvalue weighted by Crippen LogP contribution is -2.32. The fraction of sp³-hybridized carbons (Fsp3) is 0.304. The van der Waals surface area contributed by atoms with Crippen molar-refractivity contribution in [3.63, 3.8) is 0 Å². The van der Waals surface area contributed by atoms with Crippen LogP contribution in [0.25, 0.3) is 0 Å². The number of ether oxygens (including phenoxy) is 1. The fourth-order valence-corrected chi connectivity index (χ4v) is 3.00. The average molecular weight is 378 g/mol. The van der Waals surface area contributed by atoms with E-state index < -0.39 is 0 Å². The average Bonchev–Trinajstić information content (AvgIpc) is 3.03. The zero-order chi connectivity index (χ0) is 19.9. The van der Waals surface area contributed by atoms with Crippen LogP contribution in [-0.2, 0) is 13.0 Å². The molecule has 0 fully saturated rings. The van der Waals surface area contributed by atoms with Crippen molar-refractivity contribution in [3.8, 4) is 5.75 Å². The number of aryl methyl sites for hydroxylation is 3. The van der Waals surface area contributed by atoms with Crippen LogP contribution in [0.4, 0.5) is 0 Å². The lowest BCUT2D eigenvalue weighted by molar-refractivity contribution is 0.0938. The van der Waals surface area contributed by atoms with Crippen LogP contribution in [0.1, 0.15) is 46.3 Å². The molecule has 5 heteroatoms. The van der Waals surface area contributed by atoms with Gasteiger partial charge in [-0.25, -0.2) is 0 Å². The minimum Gasteiger partial charge on any atom is -0.489 e. The minimum absolute atomic E-state index is 0.0829. The van der Waals surface area contributed by atoms with Crippen LogP contribution in [0, 0.1) is 13.8 Å². The molecule has 5 nitrogen and oxygen atoms in total. The van der Waals surface area contributed by atoms with Crippen molar-refractivity contribution in [1.29, 1.82) is 0 Å². The normalized spacial score (nSPS) is 11.8. The second-order valence-corrected chi connectivity index (χ2v) is 7.02. The highest BCUT2D eigenvalue weighted by Gasteiger charge is 2.12. The third-order valence-electron chi connectivity index (χ3n) is 4.75. The monoisotopic (exact) mass is 378 g/mol. The van der Waals surface area contributed by atoms with Gasteiger partial charge in [0.2, 0.25) is 0 Å². The van der Waals surface area contributed by atoms with Crippen LogP contribution >= 0.6 is 0 Å². The highest BCUT2D eigenvalue weighted by atomic mass is 16.5. The molecule has 0 aliphatic heterocycles. The summed E-state index contributed by atoms with van der Waals surface area (Å²) in [5.41, 5.74) is 3.61. The van der Waals surface area contributed by atoms with Gasteiger partial charge in [-0.1, -0.05) is 41.6 Å². The topological polar surface area (TPSA) is 64.4 Å². The quantitative estimate of drug-likeness (QED) is 0.621. The molecular formula is C23H26N2O3. The molecule has 1 amide bonds. The second-order valence-electron chi connectivity index (χ2n) is 7.02. The predicted molar refractivity (Wildman–Crippen MR) is 108 cm³/mol. The molecule has 0 aliphatic carbocycles. The van der Waals surface area contributed by atoms with E-state index in [1.54, 1.807) is 12.1 Å². The number of nitrogens with one attached hydrogen (secondary N) is 1. The molecule has 3 rings (SSSR count). The van der Waals surface area contributed by atoms with Crippen LogP contribution < -0.4 is 10.1 Å². The summed E-state index contributed by atoms with van der Waals surface area (Å²) in [5, 5.41) is 6.99. The maximum Gasteiger partial charge on any atom is 0.251 e. The lowest BCUT2D eigenvalue weighted by Gasteiger charge is -2.14. The molecule has 1 aromatic heterocycles. The standard InChI is InChI=1S/C23H26N2O3/c1-16(12-13-19-8-5-4-6-9-19)24-23(26)20-10-7-11-21(14-20)27-15-22-17(2)25-28-18(22)3/h4-11,14,16H,12-13,15H2,1-3H3,(H,24,26)/t16-/m1/s1. The zero-order valence-electron chi connectivity index (χ0n) is 16.6. The molecule has 28 heavy (non-hydrogen) atoms. The molecule has 0 spiro atoms. The van der Waals surface area contributed by atoms with Gasteiger partial charge in [-0.3, -0.25) is 4.79 Å². The molecule has 0 unspecified atom stereocenters. The summed E-state index contributed by atoms with van der Waals surface area (Å²) in [5.74, 6) is 1.30. The number of hydrogen-bond donors (Lipinski definition) is 1. The fourth-order valence-electron chi connectivity index (χ4n) is 3.00. The Morgan fingerprint density at radius 2 is 1.93 bits per heavy atom. The van der Waals surface area contributed by atoms with Crippen molar-refractivity contribution >= 4 is 5.91 Å². The second kappa shape index (κ2) is 9.22. The van der Waals surface area contributed by atoms with Crippen LogP contribution in [0.3, 0.4) is 0 Å². The highest BCUT2D eigenvalue weighted by Crippen LogP contribution is 2.18. The van der Waals surface area contributed by atoms with Crippen molar-refractivity contribution in [2.24, 2.45) is 0 Å². The SMILES string of the molecule is Cc1noc(C)c1COc1cccc(C(=O)N[C@H](C)CCc2ccccc2)c1. The maximum atomic E-state index is 12.6. The number of carbonyl (C=O) groups excluding carboxylic acids is 1. The van der Waals surface area contributed by atoms with Gasteiger partial charge < -0.3 is 14.6 Å². The number of carbonyl (C=O) groups is 1. The van der Waals surface area contributed by atoms with Gasteiger partial charge in [0.15, 0.2) is 0 Å². The third-order valence-corrected chi connectivity index (χ3v) is 4.75. The van der Waals surface area contributed by atoms with E-state index in [9.17, 15) is 4.79 Å². The van der Waals surface area contributed by atoms with E-state index in [2.05, 4.69) is 22.6 Å². The molecular weight excluding hydrogens is 352 g/mol. The highest BCUT2D eigenvalue weighted by molar-refractivity contribution is 5.94. The van der Waals surface area contributed by atoms with E-state index in [1.807, 2.05) is 51.1 Å². The van der Waals surface area contributed by atoms with Gasteiger partial charge in [-0.2, -0.15) is 0 Å². The van der Waals surface area contributed by atoms with E-state index >= 15 is 0 Å². The Morgan fingerprint density at radius 1 is 1.14 bits per heavy atom. The molecule has 0 saturated heterocycles. The largest absolute Gasteiger partial charge is 0.489 e. The first-order chi connectivity index (χ1) is 13.5. The Morgan fingerprint density at radius 3 is 2.64 bits per heavy atom. The molecule has 0 aliphatic rings. The van der Waals surface area contributed by atoms with E-state index in [0.29, 0.717) is 17.9 Å². The summed E-state index contributed by atoms with van der Waals surface area (Å²) in [4.78, 5) is 12.6. The van der Waals surface area contributed by atoms with Gasteiger partial charge in [0.1, 0.15) is 18.1 Å². The molecule has 1 N–H and O–H groups in total. The van der Waals surface area contributed by atoms with E-state index in [-0.39, 0.29) is 11.9 Å². The smallest absolute Gasteiger partial charge is 0.251 e. The molecule has 0 saturated carbocycles. The zero-order valence-corrected chi connectivity index (χ0v) is 16.6. The van der Waals surface area contributed by atoms with E-state index in [1.165, 1.54) is 5.56 Å². The number of aromatic nitrogens is 1. The summed E-state index contributed by atoms with van der Waals surface area (Å²) < 4.78 is 11.0. The summed E-state index contributed by atoms with van der Waals surface area (Å²) in [6, 6.07) is 17.6. The molecule has 0 bridgehead atoms. The van der Waals surface area contributed by atoms with Crippen LogP contribution in [-0.4, -0.2) is 17.1 Å². The number of benzene rings is 2. The molecule has 2 aromatic carbocycles. The Hall–Kier alpha value is -3.08. The Bertz CT molecular complexity index is 899. The first-order valence-corrected chi connectivity index (χ1v) is 9.52. The van der Waals surface area contributed by atoms with Crippen LogP contribution in [0.5, 0.6) is 5.75 Å². The van der Waals surface area contributed by atoms with Crippen molar-refractivity contribution in [1.82, 2.24) is 10.5 Å². The van der Waals surface area contributed by atoms with Gasteiger partial charge in [0.05, 0.1) is 11.3 Å². The molecule has 3 aromatic rings. The molecule has 146 valence electrons. The number of amides is 1. The molecule has 1 heterocycles. The van der Waals surface area contributed by atoms with Gasteiger partial charge in [-0.05, 0) is 57.4 Å². The number of nitrogens with zero attached hydrogens (tertiary/aromatic N) is 1. The van der Waals surface area contributed by atoms with E-state index in [0.717, 1.165) is 29.9 Å². The summed E-state index contributed by atoms with van der Waals surface area (Å²) in [6.07, 6.45) is 1.82. The lowest BCUT2D eigenvalue weighted by atomic mass is 10.1. The maximum absolute atomic E-state index is 12.6. The molecule has 1 atom stereocenters. The number of hydrogen-bond acceptors (Lipinski definition) is 4. The van der Waals surface area contributed by atoms with Crippen molar-refractivity contribution < 1.29 is 14.1 Å². The predicted octanol–water partition coefficient (Wildman–Crippen LogP) is 4.62.